The van der Waals surface area contributed by atoms with Crippen LogP contribution in [0, 0.1) is 0 Å². The van der Waals surface area contributed by atoms with Crippen LogP contribution in [0.4, 0.5) is 5.82 Å². The smallest absolute Gasteiger partial charge is 0.287 e. The minimum atomic E-state index is -3.70. The van der Waals surface area contributed by atoms with Crippen molar-refractivity contribution in [2.24, 2.45) is 3.77 Å². The monoisotopic (exact) mass is 361 g/mol. The van der Waals surface area contributed by atoms with Crippen molar-refractivity contribution < 1.29 is 8.42 Å². The number of nitrogens with zero attached hydrogens (tertiary/aromatic N) is 3. The van der Waals surface area contributed by atoms with Gasteiger partial charge in [0, 0.05) is 22.8 Å². The van der Waals surface area contributed by atoms with Crippen molar-refractivity contribution in [3.63, 3.8) is 0 Å². The molecule has 3 rings (SSSR count). The number of aromatic nitrogens is 1. The first-order chi connectivity index (χ1) is 11.5. The molecule has 0 radical (unpaired) electrons. The van der Waals surface area contributed by atoms with E-state index in [1.807, 2.05) is 29.4 Å². The first-order valence-electron chi connectivity index (χ1n) is 7.55. The van der Waals surface area contributed by atoms with Crippen LogP contribution in [0.2, 0.25) is 0 Å². The fourth-order valence-corrected chi connectivity index (χ4v) is 6.07. The Balaban J connectivity index is 2.06. The maximum absolute atomic E-state index is 12.6. The van der Waals surface area contributed by atoms with E-state index in [-0.39, 0.29) is 4.90 Å². The van der Waals surface area contributed by atoms with Gasteiger partial charge in [0.1, 0.15) is 5.82 Å². The summed E-state index contributed by atoms with van der Waals surface area (Å²) in [6, 6.07) is 14.0. The number of pyridine rings is 1. The first-order valence-corrected chi connectivity index (χ1v) is 10.3. The zero-order valence-electron chi connectivity index (χ0n) is 13.6. The molecular weight excluding hydrogens is 342 g/mol. The number of rotatable bonds is 3. The molecule has 0 fully saturated rings. The second kappa shape index (κ2) is 6.86. The van der Waals surface area contributed by atoms with Gasteiger partial charge in [-0.25, -0.2) is 4.98 Å². The Hall–Kier alpha value is -1.99. The molecule has 0 saturated carbocycles. The van der Waals surface area contributed by atoms with Gasteiger partial charge in [-0.2, -0.15) is 8.42 Å². The van der Waals surface area contributed by atoms with Crippen LogP contribution in [0.25, 0.3) is 0 Å². The maximum atomic E-state index is 12.6. The number of benzene rings is 1. The second-order valence-electron chi connectivity index (χ2n) is 5.63. The molecule has 2 aromatic rings. The van der Waals surface area contributed by atoms with E-state index < -0.39 is 20.9 Å². The highest BCUT2D eigenvalue weighted by atomic mass is 32.3. The van der Waals surface area contributed by atoms with E-state index in [1.54, 1.807) is 36.5 Å². The molecule has 1 aliphatic heterocycles. The van der Waals surface area contributed by atoms with Gasteiger partial charge in [0.05, 0.1) is 11.4 Å². The van der Waals surface area contributed by atoms with Crippen LogP contribution in [0.15, 0.2) is 74.5 Å². The molecular formula is C17H19N3O2S2. The molecule has 0 amide bonds. The number of sulfonamides is 1. The zero-order chi connectivity index (χ0) is 17.2. The Bertz CT molecular complexity index is 892. The lowest BCUT2D eigenvalue weighted by Gasteiger charge is -2.31. The summed E-state index contributed by atoms with van der Waals surface area (Å²) < 4.78 is 31.5. The van der Waals surface area contributed by atoms with Crippen LogP contribution in [0.1, 0.15) is 13.8 Å². The summed E-state index contributed by atoms with van der Waals surface area (Å²) in [6.45, 7) is 4.74. The Morgan fingerprint density at radius 2 is 1.75 bits per heavy atom. The van der Waals surface area contributed by atoms with Crippen molar-refractivity contribution in [3.8, 4) is 0 Å². The van der Waals surface area contributed by atoms with Gasteiger partial charge in [-0.05, 0) is 38.1 Å². The lowest BCUT2D eigenvalue weighted by Crippen LogP contribution is -2.35. The van der Waals surface area contributed by atoms with E-state index in [9.17, 15) is 8.42 Å². The number of hydrogen-bond donors (Lipinski definition) is 0. The zero-order valence-corrected chi connectivity index (χ0v) is 15.2. The first kappa shape index (κ1) is 16.9. The van der Waals surface area contributed by atoms with Crippen LogP contribution >= 0.6 is 0 Å². The van der Waals surface area contributed by atoms with Gasteiger partial charge in [0.2, 0.25) is 0 Å². The summed E-state index contributed by atoms with van der Waals surface area (Å²) in [5.41, 5.74) is 2.43. The molecule has 0 saturated heterocycles. The van der Waals surface area contributed by atoms with Crippen molar-refractivity contribution in [1.82, 2.24) is 4.98 Å². The molecule has 0 aliphatic carbocycles. The average Bonchev–Trinajstić information content (AvgIpc) is 2.59. The van der Waals surface area contributed by atoms with Gasteiger partial charge < -0.3 is 0 Å². The third kappa shape index (κ3) is 3.57. The predicted molar refractivity (Wildman–Crippen MR) is 98.2 cm³/mol. The van der Waals surface area contributed by atoms with E-state index >= 15 is 0 Å². The van der Waals surface area contributed by atoms with E-state index in [2.05, 4.69) is 15.7 Å². The summed E-state index contributed by atoms with van der Waals surface area (Å²) in [6.07, 6.45) is 1.71. The molecule has 0 N–H and O–H groups in total. The maximum Gasteiger partial charge on any atom is 0.289 e. The summed E-state index contributed by atoms with van der Waals surface area (Å²) in [5.74, 6) is 1.36. The van der Waals surface area contributed by atoms with Crippen LogP contribution in [-0.2, 0) is 20.9 Å². The lowest BCUT2D eigenvalue weighted by atomic mass is 10.2. The topological polar surface area (TPSA) is 62.6 Å². The van der Waals surface area contributed by atoms with Crippen molar-refractivity contribution >= 4 is 26.7 Å². The third-order valence-corrected chi connectivity index (χ3v) is 7.70. The number of anilines is 1. The third-order valence-electron chi connectivity index (χ3n) is 3.84. The summed E-state index contributed by atoms with van der Waals surface area (Å²) >= 11 is 0. The van der Waals surface area contributed by atoms with Crippen LogP contribution in [0.5, 0.6) is 0 Å². The van der Waals surface area contributed by atoms with E-state index in [1.165, 1.54) is 11.1 Å². The summed E-state index contributed by atoms with van der Waals surface area (Å²) in [7, 11) is -4.50. The Morgan fingerprint density at radius 1 is 1.04 bits per heavy atom. The normalized spacial score (nSPS) is 18.9. The quantitative estimate of drug-likeness (QED) is 0.787. The molecule has 24 heavy (non-hydrogen) atoms. The molecule has 0 bridgehead atoms. The molecule has 1 aromatic heterocycles. The van der Waals surface area contributed by atoms with E-state index in [4.69, 9.17) is 0 Å². The largest absolute Gasteiger partial charge is 0.289 e. The van der Waals surface area contributed by atoms with Crippen molar-refractivity contribution in [2.45, 2.75) is 18.7 Å². The fourth-order valence-electron chi connectivity index (χ4n) is 2.33. The summed E-state index contributed by atoms with van der Waals surface area (Å²) in [5, 5.41) is 0. The molecule has 1 atom stereocenters. The van der Waals surface area contributed by atoms with Crippen molar-refractivity contribution in [1.29, 1.82) is 0 Å². The molecule has 2 heterocycles. The van der Waals surface area contributed by atoms with Crippen molar-refractivity contribution in [3.05, 3.63) is 65.9 Å². The van der Waals surface area contributed by atoms with E-state index in [0.29, 0.717) is 12.3 Å². The Labute approximate surface area is 145 Å². The van der Waals surface area contributed by atoms with Gasteiger partial charge in [-0.1, -0.05) is 35.4 Å². The lowest BCUT2D eigenvalue weighted by molar-refractivity contribution is 0.598. The Morgan fingerprint density at radius 3 is 2.42 bits per heavy atom. The van der Waals surface area contributed by atoms with Gasteiger partial charge in [0.15, 0.2) is 0 Å². The van der Waals surface area contributed by atoms with Crippen LogP contribution < -0.4 is 4.31 Å². The van der Waals surface area contributed by atoms with Gasteiger partial charge >= 0.3 is 0 Å². The van der Waals surface area contributed by atoms with E-state index in [0.717, 1.165) is 5.82 Å². The van der Waals surface area contributed by atoms with Gasteiger partial charge in [-0.3, -0.25) is 4.31 Å². The van der Waals surface area contributed by atoms with Gasteiger partial charge in [-0.15, -0.1) is 3.77 Å². The predicted octanol–water partition coefficient (Wildman–Crippen LogP) is 3.34. The average molecular weight is 361 g/mol. The minimum absolute atomic E-state index is 0.224. The SMILES string of the molecule is CC1=C(C)C/S(=N\S(=O)(=O)c2ccccc2)N(c2ccccn2)C1. The molecule has 5 nitrogen and oxygen atoms in total. The summed E-state index contributed by atoms with van der Waals surface area (Å²) in [4.78, 5) is 4.59. The second-order valence-corrected chi connectivity index (χ2v) is 9.06. The molecule has 1 aliphatic rings. The molecule has 126 valence electrons. The highest BCUT2D eigenvalue weighted by Crippen LogP contribution is 2.25. The van der Waals surface area contributed by atoms with Crippen LogP contribution in [-0.4, -0.2) is 25.7 Å². The fraction of sp³-hybridized carbons (Fsp3) is 0.235. The highest BCUT2D eigenvalue weighted by Gasteiger charge is 2.24. The molecule has 7 heteroatoms. The van der Waals surface area contributed by atoms with Crippen LogP contribution in [0.3, 0.4) is 0 Å². The standard InChI is InChI=1S/C17H19N3O2S2/c1-14-12-20(17-10-6-7-11-18-17)23(13-15(14)2)19-24(21,22)16-8-4-3-5-9-16/h3-11H,12-13H2,1-2H3. The van der Waals surface area contributed by atoms with Crippen molar-refractivity contribution in [2.75, 3.05) is 16.6 Å². The molecule has 1 aromatic carbocycles. The minimum Gasteiger partial charge on any atom is -0.287 e. The van der Waals surface area contributed by atoms with Gasteiger partial charge in [0.25, 0.3) is 10.0 Å². The number of hydrogen-bond acceptors (Lipinski definition) is 3. The Kier molecular flexibility index (Phi) is 4.82. The molecule has 0 spiro atoms. The highest BCUT2D eigenvalue weighted by molar-refractivity contribution is 8.00. The molecule has 1 unspecified atom stereocenters.